The van der Waals surface area contributed by atoms with Gasteiger partial charge in [-0.3, -0.25) is 9.59 Å². The molecule has 3 rings (SSSR count). The molecular formula is C16H23N3O6S2. The Hall–Kier alpha value is -1.53. The number of likely N-dealkylation sites (tertiary alicyclic amines) is 1. The summed E-state index contributed by atoms with van der Waals surface area (Å²) in [5, 5.41) is 13.3. The minimum Gasteiger partial charge on any atom is -0.396 e. The van der Waals surface area contributed by atoms with Crippen LogP contribution in [0.1, 0.15) is 6.42 Å². The van der Waals surface area contributed by atoms with Crippen molar-refractivity contribution in [3.8, 4) is 0 Å². The molecule has 2 saturated heterocycles. The van der Waals surface area contributed by atoms with Crippen LogP contribution in [0.2, 0.25) is 0 Å². The molecule has 1 aromatic heterocycles. The number of carbonyl (C=O) groups excluding carboxylic acids is 2. The number of aliphatic hydroxyl groups is 1. The van der Waals surface area contributed by atoms with E-state index in [4.69, 9.17) is 9.84 Å². The lowest BCUT2D eigenvalue weighted by Gasteiger charge is -2.26. The lowest BCUT2D eigenvalue weighted by molar-refractivity contribution is -0.133. The van der Waals surface area contributed by atoms with E-state index in [0.29, 0.717) is 26.1 Å². The van der Waals surface area contributed by atoms with Crippen molar-refractivity contribution in [3.63, 3.8) is 0 Å². The molecule has 0 unspecified atom stereocenters. The lowest BCUT2D eigenvalue weighted by Crippen LogP contribution is -2.48. The summed E-state index contributed by atoms with van der Waals surface area (Å²) in [6.07, 6.45) is 0.459. The molecule has 3 heterocycles. The number of hydrogen-bond acceptors (Lipinski definition) is 7. The molecule has 2 amide bonds. The van der Waals surface area contributed by atoms with Gasteiger partial charge >= 0.3 is 0 Å². The topological polar surface area (TPSA) is 125 Å². The van der Waals surface area contributed by atoms with Crippen LogP contribution in [0.25, 0.3) is 0 Å². The van der Waals surface area contributed by atoms with E-state index in [0.717, 1.165) is 11.3 Å². The summed E-state index contributed by atoms with van der Waals surface area (Å²) in [4.78, 5) is 26.7. The first kappa shape index (κ1) is 20.2. The van der Waals surface area contributed by atoms with Crippen molar-refractivity contribution < 1.29 is 27.9 Å². The van der Waals surface area contributed by atoms with Gasteiger partial charge in [0, 0.05) is 32.2 Å². The molecule has 3 N–H and O–H groups in total. The van der Waals surface area contributed by atoms with Gasteiger partial charge in [0.05, 0.1) is 25.2 Å². The zero-order valence-electron chi connectivity index (χ0n) is 14.7. The van der Waals surface area contributed by atoms with Crippen molar-refractivity contribution in [2.75, 3.05) is 46.0 Å². The van der Waals surface area contributed by atoms with Gasteiger partial charge in [-0.2, -0.15) is 0 Å². The average Bonchev–Trinajstić information content (AvgIpc) is 3.35. The van der Waals surface area contributed by atoms with Gasteiger partial charge in [-0.1, -0.05) is 6.07 Å². The van der Waals surface area contributed by atoms with Crippen LogP contribution in [-0.2, 0) is 24.3 Å². The number of ether oxygens (including phenoxy) is 1. The molecule has 11 heteroatoms. The molecule has 0 aromatic carbocycles. The molecule has 9 nitrogen and oxygen atoms in total. The van der Waals surface area contributed by atoms with Gasteiger partial charge in [-0.15, -0.1) is 11.3 Å². The van der Waals surface area contributed by atoms with Crippen LogP contribution in [0.3, 0.4) is 0 Å². The molecule has 2 atom stereocenters. The lowest BCUT2D eigenvalue weighted by atomic mass is 9.80. The third-order valence-electron chi connectivity index (χ3n) is 4.97. The number of sulfonamides is 1. The molecular weight excluding hydrogens is 394 g/mol. The number of nitrogens with one attached hydrogen (secondary N) is 2. The Morgan fingerprint density at radius 3 is 2.96 bits per heavy atom. The molecule has 1 aromatic rings. The largest absolute Gasteiger partial charge is 0.396 e. The number of nitrogens with zero attached hydrogens (tertiary/aromatic N) is 1. The average molecular weight is 418 g/mol. The molecule has 0 radical (unpaired) electrons. The smallest absolute Gasteiger partial charge is 0.250 e. The second-order valence-corrected chi connectivity index (χ2v) is 9.67. The van der Waals surface area contributed by atoms with Gasteiger partial charge in [0.2, 0.25) is 11.8 Å². The third kappa shape index (κ3) is 4.16. The summed E-state index contributed by atoms with van der Waals surface area (Å²) >= 11 is 1.08. The maximum atomic E-state index is 12.6. The number of carbonyl (C=O) groups is 2. The van der Waals surface area contributed by atoms with Crippen molar-refractivity contribution in [2.24, 2.45) is 11.3 Å². The molecule has 2 aliphatic rings. The minimum absolute atomic E-state index is 0.0117. The van der Waals surface area contributed by atoms with Crippen LogP contribution in [0.15, 0.2) is 21.7 Å². The normalized spacial score (nSPS) is 24.8. The molecule has 0 aliphatic carbocycles. The summed E-state index contributed by atoms with van der Waals surface area (Å²) in [6.45, 7) is 1.16. The highest BCUT2D eigenvalue weighted by Gasteiger charge is 2.56. The summed E-state index contributed by atoms with van der Waals surface area (Å²) in [7, 11) is -3.71. The highest BCUT2D eigenvalue weighted by atomic mass is 32.2. The molecule has 2 fully saturated rings. The standard InChI is InChI=1S/C16H23N3O6S2/c20-5-2-4-17-15(22)16-10-19(8-12(16)9-25-11-16)13(21)7-18-27(23,24)14-3-1-6-26-14/h1,3,6,12,18,20H,2,4-5,7-11H2,(H,17,22)/t12-,16-/m0/s1. The zero-order chi connectivity index (χ0) is 19.5. The quantitative estimate of drug-likeness (QED) is 0.466. The Balaban J connectivity index is 1.60. The number of hydrogen-bond donors (Lipinski definition) is 3. The summed E-state index contributed by atoms with van der Waals surface area (Å²) in [6, 6.07) is 3.10. The van der Waals surface area contributed by atoms with E-state index in [-0.39, 0.29) is 48.2 Å². The molecule has 0 spiro atoms. The number of aliphatic hydroxyl groups excluding tert-OH is 1. The molecule has 0 bridgehead atoms. The summed E-state index contributed by atoms with van der Waals surface area (Å²) < 4.78 is 32.3. The van der Waals surface area contributed by atoms with Crippen LogP contribution in [0, 0.1) is 11.3 Å². The van der Waals surface area contributed by atoms with Crippen LogP contribution >= 0.6 is 11.3 Å². The van der Waals surface area contributed by atoms with Crippen molar-refractivity contribution in [2.45, 2.75) is 10.6 Å². The first-order chi connectivity index (χ1) is 12.9. The van der Waals surface area contributed by atoms with E-state index in [2.05, 4.69) is 10.0 Å². The van der Waals surface area contributed by atoms with E-state index in [1.807, 2.05) is 0 Å². The Kier molecular flexibility index (Phi) is 6.16. The van der Waals surface area contributed by atoms with Crippen LogP contribution in [0.5, 0.6) is 0 Å². The van der Waals surface area contributed by atoms with E-state index >= 15 is 0 Å². The van der Waals surface area contributed by atoms with Gasteiger partial charge < -0.3 is 20.1 Å². The fraction of sp³-hybridized carbons (Fsp3) is 0.625. The minimum atomic E-state index is -3.71. The van der Waals surface area contributed by atoms with E-state index in [1.54, 1.807) is 11.4 Å². The van der Waals surface area contributed by atoms with Gasteiger partial charge in [0.15, 0.2) is 0 Å². The van der Waals surface area contributed by atoms with Crippen molar-refractivity contribution in [3.05, 3.63) is 17.5 Å². The van der Waals surface area contributed by atoms with E-state index in [1.165, 1.54) is 11.0 Å². The van der Waals surface area contributed by atoms with Crippen LogP contribution in [-0.4, -0.2) is 76.2 Å². The second-order valence-electron chi connectivity index (χ2n) is 6.73. The molecule has 27 heavy (non-hydrogen) atoms. The fourth-order valence-electron chi connectivity index (χ4n) is 3.46. The van der Waals surface area contributed by atoms with Gasteiger partial charge in [-0.05, 0) is 17.9 Å². The van der Waals surface area contributed by atoms with Gasteiger partial charge in [0.1, 0.15) is 4.21 Å². The predicted molar refractivity (Wildman–Crippen MR) is 97.5 cm³/mol. The summed E-state index contributed by atoms with van der Waals surface area (Å²) in [5.41, 5.74) is -0.808. The van der Waals surface area contributed by atoms with Gasteiger partial charge in [-0.25, -0.2) is 13.1 Å². The summed E-state index contributed by atoms with van der Waals surface area (Å²) in [5.74, 6) is -0.676. The third-order valence-corrected chi connectivity index (χ3v) is 7.77. The number of amides is 2. The highest BCUT2D eigenvalue weighted by Crippen LogP contribution is 2.41. The first-order valence-electron chi connectivity index (χ1n) is 8.67. The predicted octanol–water partition coefficient (Wildman–Crippen LogP) is -1.000. The fourth-order valence-corrected chi connectivity index (χ4v) is 5.47. The number of rotatable bonds is 8. The Morgan fingerprint density at radius 2 is 2.26 bits per heavy atom. The van der Waals surface area contributed by atoms with Crippen LogP contribution in [0.4, 0.5) is 0 Å². The van der Waals surface area contributed by atoms with Crippen molar-refractivity contribution in [1.82, 2.24) is 14.9 Å². The number of thiophene rings is 1. The zero-order valence-corrected chi connectivity index (χ0v) is 16.4. The maximum absolute atomic E-state index is 12.6. The monoisotopic (exact) mass is 417 g/mol. The van der Waals surface area contributed by atoms with Gasteiger partial charge in [0.25, 0.3) is 10.0 Å². The Morgan fingerprint density at radius 1 is 1.44 bits per heavy atom. The number of fused-ring (bicyclic) bond motifs is 1. The van der Waals surface area contributed by atoms with E-state index in [9.17, 15) is 18.0 Å². The molecule has 2 aliphatic heterocycles. The Bertz CT molecular complexity index is 782. The molecule has 150 valence electrons. The van der Waals surface area contributed by atoms with E-state index < -0.39 is 15.4 Å². The maximum Gasteiger partial charge on any atom is 0.250 e. The Labute approximate surface area is 161 Å². The first-order valence-corrected chi connectivity index (χ1v) is 11.0. The van der Waals surface area contributed by atoms with Crippen LogP contribution < -0.4 is 10.0 Å². The molecule has 0 saturated carbocycles. The SMILES string of the molecule is O=C(CNS(=O)(=O)c1cccs1)N1C[C@H]2COC[C@@]2(C(=O)NCCCO)C1. The highest BCUT2D eigenvalue weighted by molar-refractivity contribution is 7.91. The van der Waals surface area contributed by atoms with Crippen molar-refractivity contribution >= 4 is 33.2 Å². The second kappa shape index (κ2) is 8.23. The van der Waals surface area contributed by atoms with Crippen molar-refractivity contribution in [1.29, 1.82) is 0 Å².